The van der Waals surface area contributed by atoms with Gasteiger partial charge in [-0.1, -0.05) is 41.9 Å². The Morgan fingerprint density at radius 2 is 1.85 bits per heavy atom. The van der Waals surface area contributed by atoms with Crippen LogP contribution in [0.25, 0.3) is 10.9 Å². The second kappa shape index (κ2) is 7.77. The van der Waals surface area contributed by atoms with Crippen molar-refractivity contribution in [3.63, 3.8) is 0 Å². The molecule has 3 aromatic rings. The SMILES string of the molecule is Cn1cc(C(CC(=O)N2CCCCC2)c2cccc(Cl)c2)c2ccccc21. The van der Waals surface area contributed by atoms with Crippen LogP contribution in [-0.4, -0.2) is 28.5 Å². The number of carbonyl (C=O) groups is 1. The molecule has 0 N–H and O–H groups in total. The molecular weight excluding hydrogens is 356 g/mol. The fourth-order valence-corrected chi connectivity index (χ4v) is 4.43. The third-order valence-electron chi connectivity index (χ3n) is 5.64. The zero-order chi connectivity index (χ0) is 18.8. The van der Waals surface area contributed by atoms with Crippen molar-refractivity contribution in [3.05, 3.63) is 70.9 Å². The predicted molar refractivity (Wildman–Crippen MR) is 111 cm³/mol. The van der Waals surface area contributed by atoms with Crippen LogP contribution in [0.2, 0.25) is 5.02 Å². The largest absolute Gasteiger partial charge is 0.350 e. The van der Waals surface area contributed by atoms with Gasteiger partial charge in [-0.25, -0.2) is 0 Å². The lowest BCUT2D eigenvalue weighted by atomic mass is 9.87. The normalized spacial score (nSPS) is 15.9. The van der Waals surface area contributed by atoms with E-state index in [1.165, 1.54) is 22.9 Å². The highest BCUT2D eigenvalue weighted by molar-refractivity contribution is 6.30. The molecular formula is C23H25ClN2O. The van der Waals surface area contributed by atoms with Gasteiger partial charge in [0.15, 0.2) is 0 Å². The second-order valence-electron chi connectivity index (χ2n) is 7.47. The Kier molecular flexibility index (Phi) is 5.22. The van der Waals surface area contributed by atoms with E-state index in [-0.39, 0.29) is 11.8 Å². The Bertz CT molecular complexity index is 956. The van der Waals surface area contributed by atoms with Crippen LogP contribution in [0, 0.1) is 0 Å². The molecule has 2 aromatic carbocycles. The molecule has 1 atom stereocenters. The van der Waals surface area contributed by atoms with E-state index in [4.69, 9.17) is 11.6 Å². The van der Waals surface area contributed by atoms with E-state index in [9.17, 15) is 4.79 Å². The van der Waals surface area contributed by atoms with E-state index < -0.39 is 0 Å². The highest BCUT2D eigenvalue weighted by Crippen LogP contribution is 2.36. The number of hydrogen-bond donors (Lipinski definition) is 0. The molecule has 2 heterocycles. The van der Waals surface area contributed by atoms with Gasteiger partial charge in [0.25, 0.3) is 0 Å². The highest BCUT2D eigenvalue weighted by atomic mass is 35.5. The maximum atomic E-state index is 13.1. The maximum absolute atomic E-state index is 13.1. The van der Waals surface area contributed by atoms with Crippen LogP contribution < -0.4 is 0 Å². The van der Waals surface area contributed by atoms with Gasteiger partial charge in [0.1, 0.15) is 0 Å². The fourth-order valence-electron chi connectivity index (χ4n) is 4.23. The summed E-state index contributed by atoms with van der Waals surface area (Å²) >= 11 is 6.28. The maximum Gasteiger partial charge on any atom is 0.223 e. The van der Waals surface area contributed by atoms with Crippen molar-refractivity contribution in [1.82, 2.24) is 9.47 Å². The van der Waals surface area contributed by atoms with Gasteiger partial charge in [-0.2, -0.15) is 0 Å². The lowest BCUT2D eigenvalue weighted by Gasteiger charge is -2.28. The number of rotatable bonds is 4. The Morgan fingerprint density at radius 1 is 1.07 bits per heavy atom. The van der Waals surface area contributed by atoms with Gasteiger partial charge in [-0.15, -0.1) is 0 Å². The molecule has 0 spiro atoms. The number of nitrogens with zero attached hydrogens (tertiary/aromatic N) is 2. The van der Waals surface area contributed by atoms with E-state index in [0.29, 0.717) is 11.4 Å². The Hall–Kier alpha value is -2.26. The Balaban J connectivity index is 1.75. The summed E-state index contributed by atoms with van der Waals surface area (Å²) in [5.74, 6) is 0.247. The number of amides is 1. The van der Waals surface area contributed by atoms with E-state index in [1.54, 1.807) is 0 Å². The minimum absolute atomic E-state index is 0.00391. The Morgan fingerprint density at radius 3 is 2.63 bits per heavy atom. The quantitative estimate of drug-likeness (QED) is 0.597. The third kappa shape index (κ3) is 3.74. The predicted octanol–water partition coefficient (Wildman–Crippen LogP) is 5.37. The summed E-state index contributed by atoms with van der Waals surface area (Å²) in [5, 5.41) is 1.92. The zero-order valence-corrected chi connectivity index (χ0v) is 16.5. The van der Waals surface area contributed by atoms with Crippen LogP contribution in [0.15, 0.2) is 54.7 Å². The lowest BCUT2D eigenvalue weighted by molar-refractivity contribution is -0.132. The minimum atomic E-state index is 0.00391. The van der Waals surface area contributed by atoms with Gasteiger partial charge in [0.05, 0.1) is 0 Å². The van der Waals surface area contributed by atoms with E-state index in [1.807, 2.05) is 23.1 Å². The summed E-state index contributed by atoms with van der Waals surface area (Å²) in [5.41, 5.74) is 3.48. The van der Waals surface area contributed by atoms with Crippen molar-refractivity contribution in [2.24, 2.45) is 7.05 Å². The van der Waals surface area contributed by atoms with Crippen LogP contribution in [0.4, 0.5) is 0 Å². The van der Waals surface area contributed by atoms with Crippen molar-refractivity contribution in [2.75, 3.05) is 13.1 Å². The van der Waals surface area contributed by atoms with Crippen LogP contribution in [0.1, 0.15) is 42.7 Å². The molecule has 4 rings (SSSR count). The standard InChI is InChI=1S/C23H25ClN2O/c1-25-16-21(19-10-3-4-11-22(19)25)20(17-8-7-9-18(24)14-17)15-23(27)26-12-5-2-6-13-26/h3-4,7-11,14,16,20H,2,5-6,12-13,15H2,1H3. The van der Waals surface area contributed by atoms with Gasteiger partial charge in [0, 0.05) is 54.6 Å². The summed E-state index contributed by atoms with van der Waals surface area (Å²) in [4.78, 5) is 15.1. The highest BCUT2D eigenvalue weighted by Gasteiger charge is 2.25. The average molecular weight is 381 g/mol. The topological polar surface area (TPSA) is 25.2 Å². The number of hydrogen-bond acceptors (Lipinski definition) is 1. The zero-order valence-electron chi connectivity index (χ0n) is 15.7. The Labute approximate surface area is 165 Å². The van der Waals surface area contributed by atoms with Crippen molar-refractivity contribution in [3.8, 4) is 0 Å². The summed E-state index contributed by atoms with van der Waals surface area (Å²) < 4.78 is 2.15. The van der Waals surface area contributed by atoms with Gasteiger partial charge in [-0.3, -0.25) is 4.79 Å². The molecule has 3 nitrogen and oxygen atoms in total. The van der Waals surface area contributed by atoms with E-state index in [0.717, 1.165) is 31.5 Å². The second-order valence-corrected chi connectivity index (χ2v) is 7.90. The summed E-state index contributed by atoms with van der Waals surface area (Å²) in [6.07, 6.45) is 6.10. The number of piperidine rings is 1. The molecule has 4 heteroatoms. The molecule has 0 radical (unpaired) electrons. The summed E-state index contributed by atoms with van der Waals surface area (Å²) in [6, 6.07) is 16.3. The molecule has 1 saturated heterocycles. The first-order chi connectivity index (χ1) is 13.1. The molecule has 1 aliphatic heterocycles. The smallest absolute Gasteiger partial charge is 0.223 e. The van der Waals surface area contributed by atoms with E-state index in [2.05, 4.69) is 48.1 Å². The van der Waals surface area contributed by atoms with Crippen molar-refractivity contribution in [2.45, 2.75) is 31.6 Å². The molecule has 140 valence electrons. The van der Waals surface area contributed by atoms with Gasteiger partial charge in [-0.05, 0) is 48.6 Å². The molecule has 1 aromatic heterocycles. The molecule has 0 aliphatic carbocycles. The van der Waals surface area contributed by atoms with E-state index >= 15 is 0 Å². The number of para-hydroxylation sites is 1. The molecule has 27 heavy (non-hydrogen) atoms. The number of aromatic nitrogens is 1. The molecule has 1 unspecified atom stereocenters. The average Bonchev–Trinajstić information content (AvgIpc) is 3.03. The first-order valence-corrected chi connectivity index (χ1v) is 10.1. The van der Waals surface area contributed by atoms with Crippen LogP contribution >= 0.6 is 11.6 Å². The number of likely N-dealkylation sites (tertiary alicyclic amines) is 1. The summed E-state index contributed by atoms with van der Waals surface area (Å²) in [7, 11) is 2.06. The molecule has 1 aliphatic rings. The monoisotopic (exact) mass is 380 g/mol. The molecule has 0 bridgehead atoms. The first kappa shape index (κ1) is 18.1. The number of fused-ring (bicyclic) bond motifs is 1. The van der Waals surface area contributed by atoms with Gasteiger partial charge >= 0.3 is 0 Å². The molecule has 1 amide bonds. The van der Waals surface area contributed by atoms with Gasteiger partial charge in [0.2, 0.25) is 5.91 Å². The number of halogens is 1. The van der Waals surface area contributed by atoms with Gasteiger partial charge < -0.3 is 9.47 Å². The number of carbonyl (C=O) groups excluding carboxylic acids is 1. The lowest BCUT2D eigenvalue weighted by Crippen LogP contribution is -2.36. The van der Waals surface area contributed by atoms with Crippen LogP contribution in [0.3, 0.4) is 0 Å². The molecule has 1 fully saturated rings. The molecule has 0 saturated carbocycles. The van der Waals surface area contributed by atoms with Crippen LogP contribution in [0.5, 0.6) is 0 Å². The third-order valence-corrected chi connectivity index (χ3v) is 5.88. The van der Waals surface area contributed by atoms with Crippen molar-refractivity contribution in [1.29, 1.82) is 0 Å². The first-order valence-electron chi connectivity index (χ1n) is 9.70. The summed E-state index contributed by atoms with van der Waals surface area (Å²) in [6.45, 7) is 1.77. The van der Waals surface area contributed by atoms with Crippen molar-refractivity contribution >= 4 is 28.4 Å². The van der Waals surface area contributed by atoms with Crippen LogP contribution in [-0.2, 0) is 11.8 Å². The number of aryl methyl sites for hydroxylation is 1. The minimum Gasteiger partial charge on any atom is -0.350 e. The number of benzene rings is 2. The van der Waals surface area contributed by atoms with Crippen molar-refractivity contribution < 1.29 is 4.79 Å². The fraction of sp³-hybridized carbons (Fsp3) is 0.348.